The third-order valence-electron chi connectivity index (χ3n) is 9.60. The number of aliphatic hydroxyl groups is 1. The van der Waals surface area contributed by atoms with Crippen molar-refractivity contribution in [2.75, 3.05) is 0 Å². The van der Waals surface area contributed by atoms with Crippen molar-refractivity contribution in [3.05, 3.63) is 12.4 Å². The molecule has 1 N–H and O–H groups in total. The first-order valence-electron chi connectivity index (χ1n) is 11.7. The van der Waals surface area contributed by atoms with Gasteiger partial charge in [-0.1, -0.05) is 6.92 Å². The summed E-state index contributed by atoms with van der Waals surface area (Å²) >= 11 is 0. The normalized spacial score (nSPS) is 45.6. The van der Waals surface area contributed by atoms with Crippen LogP contribution in [0, 0.1) is 40.9 Å². The van der Waals surface area contributed by atoms with E-state index in [1.807, 2.05) is 0 Å². The summed E-state index contributed by atoms with van der Waals surface area (Å²) in [6, 6.07) is 0. The molecule has 166 valence electrons. The Morgan fingerprint density at radius 3 is 2.53 bits per heavy atom. The standard InChI is InChI=1S/C23H33F2N3O2/c1-22-8-6-16-15-7-9-23(30,21(24)25)12-14(15)2-3-17(16)18(22)4-5-19(22)20(29)13-28-26-10-11-27-28/h10-11,14-19,21,30H,2-9,12-13H2,1H3/t14-,15+,16-,17-,18+,19-,22+,23-/m1/s1. The van der Waals surface area contributed by atoms with Gasteiger partial charge in [0.05, 0.1) is 12.4 Å². The molecule has 7 heteroatoms. The lowest BCUT2D eigenvalue weighted by Gasteiger charge is -2.57. The Kier molecular flexibility index (Phi) is 5.03. The maximum Gasteiger partial charge on any atom is 0.266 e. The summed E-state index contributed by atoms with van der Waals surface area (Å²) in [5.41, 5.74) is -1.74. The Labute approximate surface area is 176 Å². The smallest absolute Gasteiger partial charge is 0.266 e. The average molecular weight is 422 g/mol. The van der Waals surface area contributed by atoms with Gasteiger partial charge in [-0.25, -0.2) is 8.78 Å². The van der Waals surface area contributed by atoms with Gasteiger partial charge in [-0.15, -0.1) is 0 Å². The molecule has 1 heterocycles. The van der Waals surface area contributed by atoms with Gasteiger partial charge >= 0.3 is 0 Å². The molecule has 0 aliphatic heterocycles. The summed E-state index contributed by atoms with van der Waals surface area (Å²) in [6.07, 6.45) is 7.98. The van der Waals surface area contributed by atoms with Gasteiger partial charge in [0.1, 0.15) is 12.1 Å². The Bertz CT molecular complexity index is 787. The molecule has 0 amide bonds. The van der Waals surface area contributed by atoms with E-state index in [1.54, 1.807) is 12.4 Å². The predicted octanol–water partition coefficient (Wildman–Crippen LogP) is 4.11. The molecule has 4 saturated carbocycles. The van der Waals surface area contributed by atoms with Crippen LogP contribution in [0.15, 0.2) is 12.4 Å². The Balaban J connectivity index is 1.30. The number of hydrogen-bond acceptors (Lipinski definition) is 4. The largest absolute Gasteiger partial charge is 0.384 e. The third kappa shape index (κ3) is 3.14. The van der Waals surface area contributed by atoms with Gasteiger partial charge in [0, 0.05) is 5.92 Å². The molecule has 0 radical (unpaired) electrons. The molecule has 30 heavy (non-hydrogen) atoms. The highest BCUT2D eigenvalue weighted by atomic mass is 19.3. The van der Waals surface area contributed by atoms with Crippen LogP contribution in [-0.2, 0) is 11.3 Å². The molecule has 1 aromatic heterocycles. The summed E-state index contributed by atoms with van der Waals surface area (Å²) in [5.74, 6) is 2.75. The van der Waals surface area contributed by atoms with Gasteiger partial charge < -0.3 is 5.11 Å². The number of carbonyl (C=O) groups excluding carboxylic acids is 1. The fourth-order valence-corrected chi connectivity index (χ4v) is 8.21. The number of halogens is 2. The molecule has 4 aliphatic rings. The Morgan fingerprint density at radius 2 is 1.80 bits per heavy atom. The zero-order valence-electron chi connectivity index (χ0n) is 17.7. The van der Waals surface area contributed by atoms with E-state index in [-0.39, 0.29) is 42.4 Å². The van der Waals surface area contributed by atoms with E-state index in [1.165, 1.54) is 4.80 Å². The van der Waals surface area contributed by atoms with Gasteiger partial charge in [0.2, 0.25) is 0 Å². The molecular weight excluding hydrogens is 388 g/mol. The van der Waals surface area contributed by atoms with Crippen molar-refractivity contribution < 1.29 is 18.7 Å². The van der Waals surface area contributed by atoms with Crippen LogP contribution >= 0.6 is 0 Å². The maximum atomic E-state index is 13.4. The molecular formula is C23H33F2N3O2. The molecule has 0 unspecified atom stereocenters. The SMILES string of the molecule is C[C@]12CC[C@H]3[C@@H](CC[C@@H]4C[C@@](O)(C(F)F)CC[C@@H]43)[C@@H]1CC[C@@H]2C(=O)Cn1nccn1. The number of aromatic nitrogens is 3. The second-order valence-electron chi connectivity index (χ2n) is 10.8. The van der Waals surface area contributed by atoms with Crippen LogP contribution < -0.4 is 0 Å². The van der Waals surface area contributed by atoms with Crippen LogP contribution in [0.25, 0.3) is 0 Å². The van der Waals surface area contributed by atoms with Crippen molar-refractivity contribution in [1.82, 2.24) is 15.0 Å². The number of nitrogens with zero attached hydrogens (tertiary/aromatic N) is 3. The van der Waals surface area contributed by atoms with Crippen LogP contribution in [-0.4, -0.2) is 37.9 Å². The predicted molar refractivity (Wildman–Crippen MR) is 107 cm³/mol. The number of carbonyl (C=O) groups is 1. The summed E-state index contributed by atoms with van der Waals surface area (Å²) in [5, 5.41) is 18.6. The van der Waals surface area contributed by atoms with Gasteiger partial charge in [-0.05, 0) is 92.8 Å². The minimum Gasteiger partial charge on any atom is -0.384 e. The summed E-state index contributed by atoms with van der Waals surface area (Å²) in [7, 11) is 0. The number of ketones is 1. The Hall–Kier alpha value is -1.37. The quantitative estimate of drug-likeness (QED) is 0.794. The molecule has 5 nitrogen and oxygen atoms in total. The maximum absolute atomic E-state index is 13.4. The number of alkyl halides is 2. The number of Topliss-reactive ketones (excluding diaryl/α,β-unsaturated/α-hetero) is 1. The van der Waals surface area contributed by atoms with Crippen molar-refractivity contribution in [3.63, 3.8) is 0 Å². The molecule has 0 saturated heterocycles. The first-order valence-corrected chi connectivity index (χ1v) is 11.7. The minimum absolute atomic E-state index is 0.0383. The van der Waals surface area contributed by atoms with Crippen LogP contribution in [0.1, 0.15) is 64.7 Å². The molecule has 4 aliphatic carbocycles. The molecule has 1 aromatic rings. The lowest BCUT2D eigenvalue weighted by Crippen LogP contribution is -2.53. The molecule has 0 aromatic carbocycles. The Morgan fingerprint density at radius 1 is 1.07 bits per heavy atom. The van der Waals surface area contributed by atoms with Crippen molar-refractivity contribution in [2.24, 2.45) is 40.9 Å². The van der Waals surface area contributed by atoms with Gasteiger partial charge in [-0.2, -0.15) is 15.0 Å². The zero-order chi connectivity index (χ0) is 21.1. The topological polar surface area (TPSA) is 68.0 Å². The monoisotopic (exact) mass is 421 g/mol. The number of hydrogen-bond donors (Lipinski definition) is 1. The zero-order valence-corrected chi connectivity index (χ0v) is 17.7. The summed E-state index contributed by atoms with van der Waals surface area (Å²) in [4.78, 5) is 14.6. The van der Waals surface area contributed by atoms with E-state index in [2.05, 4.69) is 17.1 Å². The third-order valence-corrected chi connectivity index (χ3v) is 9.60. The number of rotatable bonds is 4. The van der Waals surface area contributed by atoms with Crippen molar-refractivity contribution >= 4 is 5.78 Å². The summed E-state index contributed by atoms with van der Waals surface area (Å²) in [6.45, 7) is 2.58. The lowest BCUT2D eigenvalue weighted by molar-refractivity contribution is -0.160. The highest BCUT2D eigenvalue weighted by molar-refractivity contribution is 5.81. The van der Waals surface area contributed by atoms with Gasteiger partial charge in [-0.3, -0.25) is 4.79 Å². The van der Waals surface area contributed by atoms with Crippen LogP contribution in [0.4, 0.5) is 8.78 Å². The van der Waals surface area contributed by atoms with E-state index < -0.39 is 12.0 Å². The van der Waals surface area contributed by atoms with E-state index in [9.17, 15) is 18.7 Å². The number of fused-ring (bicyclic) bond motifs is 5. The summed E-state index contributed by atoms with van der Waals surface area (Å²) < 4.78 is 26.8. The second kappa shape index (κ2) is 7.35. The fraction of sp³-hybridized carbons (Fsp3) is 0.870. The van der Waals surface area contributed by atoms with E-state index in [0.29, 0.717) is 23.7 Å². The fourth-order valence-electron chi connectivity index (χ4n) is 8.21. The van der Waals surface area contributed by atoms with Crippen molar-refractivity contribution in [2.45, 2.75) is 83.3 Å². The molecule has 0 spiro atoms. The van der Waals surface area contributed by atoms with E-state index in [0.717, 1.165) is 44.9 Å². The van der Waals surface area contributed by atoms with Crippen LogP contribution in [0.5, 0.6) is 0 Å². The lowest BCUT2D eigenvalue weighted by atomic mass is 9.49. The highest BCUT2D eigenvalue weighted by Crippen LogP contribution is 2.64. The van der Waals surface area contributed by atoms with Crippen molar-refractivity contribution in [1.29, 1.82) is 0 Å². The molecule has 4 fully saturated rings. The highest BCUT2D eigenvalue weighted by Gasteiger charge is 2.59. The van der Waals surface area contributed by atoms with E-state index >= 15 is 0 Å². The first-order chi connectivity index (χ1) is 14.3. The average Bonchev–Trinajstić information content (AvgIpc) is 3.34. The van der Waals surface area contributed by atoms with E-state index in [4.69, 9.17) is 0 Å². The van der Waals surface area contributed by atoms with Crippen LogP contribution in [0.3, 0.4) is 0 Å². The minimum atomic E-state index is -2.64. The molecule has 5 rings (SSSR count). The molecule has 0 bridgehead atoms. The van der Waals surface area contributed by atoms with Crippen molar-refractivity contribution in [3.8, 4) is 0 Å². The molecule has 8 atom stereocenters. The van der Waals surface area contributed by atoms with Crippen LogP contribution in [0.2, 0.25) is 0 Å². The van der Waals surface area contributed by atoms with Gasteiger partial charge in [0.15, 0.2) is 5.78 Å². The van der Waals surface area contributed by atoms with Gasteiger partial charge in [0.25, 0.3) is 6.43 Å². The second-order valence-corrected chi connectivity index (χ2v) is 10.8. The first kappa shape index (κ1) is 20.5.